The molecule has 1 saturated heterocycles. The van der Waals surface area contributed by atoms with Crippen LogP contribution in [0.4, 0.5) is 0 Å². The highest BCUT2D eigenvalue weighted by Crippen LogP contribution is 2.35. The van der Waals surface area contributed by atoms with E-state index in [1.807, 2.05) is 17.4 Å². The summed E-state index contributed by atoms with van der Waals surface area (Å²) in [4.78, 5) is 18.9. The first-order valence-corrected chi connectivity index (χ1v) is 7.94. The minimum atomic E-state index is -0.245. The lowest BCUT2D eigenvalue weighted by atomic mass is 9.96. The molecule has 5 heteroatoms. The third-order valence-electron chi connectivity index (χ3n) is 4.12. The molecule has 2 N–H and O–H groups in total. The van der Waals surface area contributed by atoms with Crippen LogP contribution in [0.5, 0.6) is 0 Å². The Labute approximate surface area is 127 Å². The molecule has 1 aliphatic heterocycles. The van der Waals surface area contributed by atoms with Crippen molar-refractivity contribution < 1.29 is 4.79 Å². The van der Waals surface area contributed by atoms with Crippen LogP contribution in [0.2, 0.25) is 0 Å². The van der Waals surface area contributed by atoms with E-state index in [4.69, 9.17) is 5.73 Å². The molecule has 1 aromatic heterocycles. The Kier molecular flexibility index (Phi) is 4.71. The molecule has 5 nitrogen and oxygen atoms in total. The quantitative estimate of drug-likeness (QED) is 0.931. The molecule has 1 fully saturated rings. The maximum Gasteiger partial charge on any atom is 0.223 e. The van der Waals surface area contributed by atoms with E-state index in [0.717, 1.165) is 31.5 Å². The fourth-order valence-electron chi connectivity index (χ4n) is 3.26. The average molecular weight is 292 g/mol. The van der Waals surface area contributed by atoms with Gasteiger partial charge in [0.15, 0.2) is 0 Å². The van der Waals surface area contributed by atoms with Crippen LogP contribution in [0.15, 0.2) is 12.5 Å². The van der Waals surface area contributed by atoms with E-state index in [9.17, 15) is 4.79 Å². The van der Waals surface area contributed by atoms with Gasteiger partial charge in [-0.3, -0.25) is 4.79 Å². The molecule has 0 radical (unpaired) electrons. The van der Waals surface area contributed by atoms with Crippen molar-refractivity contribution in [1.82, 2.24) is 14.5 Å². The number of nitrogens with zero attached hydrogens (tertiary/aromatic N) is 3. The number of likely N-dealkylation sites (tertiary alicyclic amines) is 1. The molecule has 118 valence electrons. The largest absolute Gasteiger partial charge is 0.333 e. The van der Waals surface area contributed by atoms with Gasteiger partial charge in [0, 0.05) is 24.5 Å². The molecule has 0 aromatic carbocycles. The van der Waals surface area contributed by atoms with Crippen molar-refractivity contribution in [3.8, 4) is 0 Å². The van der Waals surface area contributed by atoms with Crippen LogP contribution in [0.1, 0.15) is 65.1 Å². The normalized spacial score (nSPS) is 24.2. The molecule has 1 amide bonds. The second-order valence-corrected chi connectivity index (χ2v) is 6.95. The van der Waals surface area contributed by atoms with E-state index in [1.165, 1.54) is 0 Å². The van der Waals surface area contributed by atoms with Gasteiger partial charge in [-0.1, -0.05) is 6.92 Å². The van der Waals surface area contributed by atoms with Crippen LogP contribution in [-0.2, 0) is 11.3 Å². The SMILES string of the molecule is CCCn1cncc1C1C(N)CCCC(=O)N1C(C)(C)C. The molecular formula is C16H28N4O. The number of hydrogen-bond donors (Lipinski definition) is 1. The number of rotatable bonds is 3. The number of aromatic nitrogens is 2. The van der Waals surface area contributed by atoms with E-state index in [-0.39, 0.29) is 23.5 Å². The second kappa shape index (κ2) is 6.18. The van der Waals surface area contributed by atoms with E-state index >= 15 is 0 Å². The van der Waals surface area contributed by atoms with Crippen LogP contribution in [-0.4, -0.2) is 31.9 Å². The monoisotopic (exact) mass is 292 g/mol. The van der Waals surface area contributed by atoms with Gasteiger partial charge in [-0.25, -0.2) is 4.98 Å². The summed E-state index contributed by atoms with van der Waals surface area (Å²) in [5.41, 5.74) is 7.27. The summed E-state index contributed by atoms with van der Waals surface area (Å²) in [7, 11) is 0. The maximum absolute atomic E-state index is 12.6. The van der Waals surface area contributed by atoms with Crippen molar-refractivity contribution in [3.63, 3.8) is 0 Å². The number of carbonyl (C=O) groups is 1. The average Bonchev–Trinajstić information content (AvgIpc) is 2.76. The Morgan fingerprint density at radius 1 is 1.43 bits per heavy atom. The minimum Gasteiger partial charge on any atom is -0.333 e. The van der Waals surface area contributed by atoms with Crippen LogP contribution < -0.4 is 5.73 Å². The molecule has 1 aliphatic rings. The van der Waals surface area contributed by atoms with Gasteiger partial charge in [0.1, 0.15) is 0 Å². The lowest BCUT2D eigenvalue weighted by Gasteiger charge is -2.43. The van der Waals surface area contributed by atoms with Crippen molar-refractivity contribution in [2.45, 2.75) is 77.5 Å². The highest BCUT2D eigenvalue weighted by molar-refractivity contribution is 5.78. The van der Waals surface area contributed by atoms with Crippen molar-refractivity contribution in [2.75, 3.05) is 0 Å². The first kappa shape index (κ1) is 16.0. The zero-order valence-corrected chi connectivity index (χ0v) is 13.7. The van der Waals surface area contributed by atoms with Crippen molar-refractivity contribution in [1.29, 1.82) is 0 Å². The minimum absolute atomic E-state index is 0.0389. The van der Waals surface area contributed by atoms with E-state index < -0.39 is 0 Å². The van der Waals surface area contributed by atoms with Crippen molar-refractivity contribution >= 4 is 5.91 Å². The zero-order chi connectivity index (χ0) is 15.6. The fourth-order valence-corrected chi connectivity index (χ4v) is 3.26. The topological polar surface area (TPSA) is 64.2 Å². The number of nitrogens with two attached hydrogens (primary N) is 1. The molecule has 1 aromatic rings. The number of hydrogen-bond acceptors (Lipinski definition) is 3. The van der Waals surface area contributed by atoms with Gasteiger partial charge in [0.25, 0.3) is 0 Å². The fraction of sp³-hybridized carbons (Fsp3) is 0.750. The van der Waals surface area contributed by atoms with Gasteiger partial charge in [0.2, 0.25) is 5.91 Å². The summed E-state index contributed by atoms with van der Waals surface area (Å²) >= 11 is 0. The van der Waals surface area contributed by atoms with E-state index in [1.54, 1.807) is 0 Å². The van der Waals surface area contributed by atoms with E-state index in [0.29, 0.717) is 6.42 Å². The molecule has 2 unspecified atom stereocenters. The van der Waals surface area contributed by atoms with Gasteiger partial charge in [-0.2, -0.15) is 0 Å². The Morgan fingerprint density at radius 3 is 2.76 bits per heavy atom. The predicted molar refractivity (Wildman–Crippen MR) is 83.7 cm³/mol. The van der Waals surface area contributed by atoms with Gasteiger partial charge < -0.3 is 15.2 Å². The summed E-state index contributed by atoms with van der Waals surface area (Å²) in [6.45, 7) is 9.29. The Morgan fingerprint density at radius 2 is 2.14 bits per heavy atom. The summed E-state index contributed by atoms with van der Waals surface area (Å²) in [6, 6.07) is -0.128. The Hall–Kier alpha value is -1.36. The summed E-state index contributed by atoms with van der Waals surface area (Å²) < 4.78 is 2.14. The number of imidazole rings is 1. The molecular weight excluding hydrogens is 264 g/mol. The molecule has 0 spiro atoms. The molecule has 0 aliphatic carbocycles. The molecule has 2 heterocycles. The summed E-state index contributed by atoms with van der Waals surface area (Å²) in [5.74, 6) is 0.199. The van der Waals surface area contributed by atoms with Gasteiger partial charge >= 0.3 is 0 Å². The van der Waals surface area contributed by atoms with Crippen LogP contribution >= 0.6 is 0 Å². The zero-order valence-electron chi connectivity index (χ0n) is 13.7. The predicted octanol–water partition coefficient (Wildman–Crippen LogP) is 2.47. The second-order valence-electron chi connectivity index (χ2n) is 6.95. The number of aryl methyl sites for hydroxylation is 1. The van der Waals surface area contributed by atoms with Crippen LogP contribution in [0.25, 0.3) is 0 Å². The molecule has 21 heavy (non-hydrogen) atoms. The number of carbonyl (C=O) groups excluding carboxylic acids is 1. The lowest BCUT2D eigenvalue weighted by Crippen LogP contribution is -2.52. The summed E-state index contributed by atoms with van der Waals surface area (Å²) in [6.07, 6.45) is 7.09. The Balaban J connectivity index is 2.47. The van der Waals surface area contributed by atoms with Crippen LogP contribution in [0, 0.1) is 0 Å². The molecule has 0 saturated carbocycles. The van der Waals surface area contributed by atoms with Gasteiger partial charge in [0.05, 0.1) is 24.3 Å². The highest BCUT2D eigenvalue weighted by Gasteiger charge is 2.40. The molecule has 2 rings (SSSR count). The Bertz CT molecular complexity index is 489. The summed E-state index contributed by atoms with van der Waals surface area (Å²) in [5, 5.41) is 0. The first-order chi connectivity index (χ1) is 9.86. The van der Waals surface area contributed by atoms with Crippen molar-refractivity contribution in [3.05, 3.63) is 18.2 Å². The van der Waals surface area contributed by atoms with Gasteiger partial charge in [-0.15, -0.1) is 0 Å². The third-order valence-corrected chi connectivity index (χ3v) is 4.12. The first-order valence-electron chi connectivity index (χ1n) is 7.94. The molecule has 2 atom stereocenters. The molecule has 0 bridgehead atoms. The van der Waals surface area contributed by atoms with Crippen LogP contribution in [0.3, 0.4) is 0 Å². The standard InChI is InChI=1S/C16H28N4O/c1-5-9-19-11-18-10-13(19)15-12(17)7-6-8-14(21)20(15)16(2,3)4/h10-12,15H,5-9,17H2,1-4H3. The van der Waals surface area contributed by atoms with Gasteiger partial charge in [-0.05, 0) is 40.0 Å². The van der Waals surface area contributed by atoms with E-state index in [2.05, 4.69) is 37.2 Å². The lowest BCUT2D eigenvalue weighted by molar-refractivity contribution is -0.139. The maximum atomic E-state index is 12.6. The third kappa shape index (κ3) is 3.28. The highest BCUT2D eigenvalue weighted by atomic mass is 16.2. The van der Waals surface area contributed by atoms with Crippen molar-refractivity contribution in [2.24, 2.45) is 5.73 Å². The smallest absolute Gasteiger partial charge is 0.223 e. The number of amides is 1.